The Labute approximate surface area is 330 Å². The summed E-state index contributed by atoms with van der Waals surface area (Å²) in [5.74, 6) is 0. The number of hydrogen-bond donors (Lipinski definition) is 0. The maximum atomic E-state index is 6.30. The number of fused-ring (bicyclic) bond motifs is 6. The highest BCUT2D eigenvalue weighted by molar-refractivity contribution is 6.13. The molecule has 3 nitrogen and oxygen atoms in total. The highest BCUT2D eigenvalue weighted by Crippen LogP contribution is 2.42. The van der Waals surface area contributed by atoms with Crippen molar-refractivity contribution in [3.05, 3.63) is 218 Å². The lowest BCUT2D eigenvalue weighted by molar-refractivity contribution is 0.669. The Bertz CT molecular complexity index is 3170. The predicted molar refractivity (Wildman–Crippen MR) is 239 cm³/mol. The molecule has 2 heterocycles. The summed E-state index contributed by atoms with van der Waals surface area (Å²) in [5.41, 5.74) is 15.5. The molecule has 0 saturated carbocycles. The van der Waals surface area contributed by atoms with Crippen LogP contribution >= 0.6 is 0 Å². The summed E-state index contributed by atoms with van der Waals surface area (Å²) < 4.78 is 8.69. The number of furan rings is 1. The van der Waals surface area contributed by atoms with Crippen molar-refractivity contribution in [3.8, 4) is 39.1 Å². The molecule has 0 spiro atoms. The summed E-state index contributed by atoms with van der Waals surface area (Å²) in [5, 5.41) is 4.75. The smallest absolute Gasteiger partial charge is 0.136 e. The van der Waals surface area contributed by atoms with Crippen molar-refractivity contribution in [1.82, 2.24) is 4.57 Å². The van der Waals surface area contributed by atoms with E-state index in [9.17, 15) is 0 Å². The van der Waals surface area contributed by atoms with Gasteiger partial charge in [0.15, 0.2) is 0 Å². The fourth-order valence-corrected chi connectivity index (χ4v) is 8.54. The van der Waals surface area contributed by atoms with Crippen molar-refractivity contribution in [2.45, 2.75) is 0 Å². The monoisotopic (exact) mass is 728 g/mol. The molecule has 0 unspecified atom stereocenters. The van der Waals surface area contributed by atoms with E-state index >= 15 is 0 Å². The Morgan fingerprint density at radius 2 is 0.842 bits per heavy atom. The number of nitrogens with zero attached hydrogens (tertiary/aromatic N) is 2. The van der Waals surface area contributed by atoms with E-state index in [0.717, 1.165) is 55.8 Å². The van der Waals surface area contributed by atoms with Gasteiger partial charge in [0.05, 0.1) is 11.0 Å². The first-order valence-corrected chi connectivity index (χ1v) is 19.4. The van der Waals surface area contributed by atoms with Gasteiger partial charge in [-0.25, -0.2) is 0 Å². The largest absolute Gasteiger partial charge is 0.456 e. The standard InChI is InChI=1S/C54H36N2O/c1-2-13-37(14-3-1)38-27-29-39(30-28-38)40-31-33-42(34-32-40)55(43-16-10-15-41(35-43)46-22-12-26-53-54(46)49-21-6-9-25-52(49)57-53)44-17-11-18-45(36-44)56-50-23-7-4-19-47(50)48-20-5-8-24-51(48)56/h1-36H. The third-order valence-electron chi connectivity index (χ3n) is 11.2. The zero-order chi connectivity index (χ0) is 37.7. The molecule has 11 aromatic rings. The minimum absolute atomic E-state index is 0.891. The first kappa shape index (κ1) is 32.8. The molecule has 0 bridgehead atoms. The van der Waals surface area contributed by atoms with Crippen molar-refractivity contribution in [2.24, 2.45) is 0 Å². The summed E-state index contributed by atoms with van der Waals surface area (Å²) in [7, 11) is 0. The van der Waals surface area contributed by atoms with Crippen LogP contribution in [0.5, 0.6) is 0 Å². The summed E-state index contributed by atoms with van der Waals surface area (Å²) >= 11 is 0. The molecule has 0 atom stereocenters. The van der Waals surface area contributed by atoms with E-state index in [1.54, 1.807) is 0 Å². The lowest BCUT2D eigenvalue weighted by Gasteiger charge is -2.27. The zero-order valence-electron chi connectivity index (χ0n) is 31.1. The maximum absolute atomic E-state index is 6.30. The first-order chi connectivity index (χ1) is 28.3. The van der Waals surface area contributed by atoms with Gasteiger partial charge in [-0.2, -0.15) is 0 Å². The number of anilines is 3. The average molecular weight is 729 g/mol. The second-order valence-corrected chi connectivity index (χ2v) is 14.5. The first-order valence-electron chi connectivity index (χ1n) is 19.4. The number of rotatable bonds is 7. The van der Waals surface area contributed by atoms with Crippen LogP contribution in [0.15, 0.2) is 223 Å². The Morgan fingerprint density at radius 3 is 1.54 bits per heavy atom. The van der Waals surface area contributed by atoms with Gasteiger partial charge >= 0.3 is 0 Å². The molecule has 0 amide bonds. The SMILES string of the molecule is c1ccc(-c2ccc(-c3ccc(N(c4cccc(-c5cccc6oc7ccccc7c56)c4)c4cccc(-n5c6ccccc6c6ccccc65)c4)cc3)cc2)cc1. The average Bonchev–Trinajstić information content (AvgIpc) is 3.84. The maximum Gasteiger partial charge on any atom is 0.136 e. The number of hydrogen-bond acceptors (Lipinski definition) is 2. The molecule has 0 N–H and O–H groups in total. The minimum atomic E-state index is 0.891. The van der Waals surface area contributed by atoms with Gasteiger partial charge in [-0.1, -0.05) is 152 Å². The molecule has 9 aromatic carbocycles. The quantitative estimate of drug-likeness (QED) is 0.163. The Kier molecular flexibility index (Phi) is 7.82. The van der Waals surface area contributed by atoms with Gasteiger partial charge in [-0.15, -0.1) is 0 Å². The van der Waals surface area contributed by atoms with Crippen LogP contribution in [-0.4, -0.2) is 4.57 Å². The molecule has 11 rings (SSSR count). The molecule has 2 aromatic heterocycles. The lowest BCUT2D eigenvalue weighted by Crippen LogP contribution is -2.10. The molecule has 0 aliphatic carbocycles. The fourth-order valence-electron chi connectivity index (χ4n) is 8.54. The van der Waals surface area contributed by atoms with Crippen LogP contribution in [0.1, 0.15) is 0 Å². The number of para-hydroxylation sites is 3. The van der Waals surface area contributed by atoms with E-state index in [4.69, 9.17) is 4.42 Å². The van der Waals surface area contributed by atoms with Crippen molar-refractivity contribution in [2.75, 3.05) is 4.90 Å². The van der Waals surface area contributed by atoms with Crippen LogP contribution in [0, 0.1) is 0 Å². The van der Waals surface area contributed by atoms with E-state index in [0.29, 0.717) is 0 Å². The molecule has 0 radical (unpaired) electrons. The molecular formula is C54H36N2O. The highest BCUT2D eigenvalue weighted by Gasteiger charge is 2.18. The molecule has 0 aliphatic rings. The normalized spacial score (nSPS) is 11.5. The van der Waals surface area contributed by atoms with E-state index in [1.807, 2.05) is 12.1 Å². The molecule has 3 heteroatoms. The van der Waals surface area contributed by atoms with Crippen LogP contribution in [0.2, 0.25) is 0 Å². The minimum Gasteiger partial charge on any atom is -0.456 e. The van der Waals surface area contributed by atoms with Crippen molar-refractivity contribution in [1.29, 1.82) is 0 Å². The van der Waals surface area contributed by atoms with Gasteiger partial charge in [-0.3, -0.25) is 0 Å². The topological polar surface area (TPSA) is 21.3 Å². The molecule has 0 fully saturated rings. The van der Waals surface area contributed by atoms with E-state index in [2.05, 4.69) is 216 Å². The second-order valence-electron chi connectivity index (χ2n) is 14.5. The summed E-state index contributed by atoms with van der Waals surface area (Å²) in [6.45, 7) is 0. The second kappa shape index (κ2) is 13.6. The van der Waals surface area contributed by atoms with Crippen LogP contribution in [-0.2, 0) is 0 Å². The predicted octanol–water partition coefficient (Wildman–Crippen LogP) is 15.2. The molecule has 268 valence electrons. The molecule has 0 saturated heterocycles. The van der Waals surface area contributed by atoms with Crippen molar-refractivity contribution < 1.29 is 4.42 Å². The van der Waals surface area contributed by atoms with E-state index in [1.165, 1.54) is 44.1 Å². The van der Waals surface area contributed by atoms with Gasteiger partial charge < -0.3 is 13.9 Å². The summed E-state index contributed by atoms with van der Waals surface area (Å²) in [6, 6.07) is 78.2. The van der Waals surface area contributed by atoms with Gasteiger partial charge in [0.2, 0.25) is 0 Å². The zero-order valence-corrected chi connectivity index (χ0v) is 31.1. The third kappa shape index (κ3) is 5.68. The van der Waals surface area contributed by atoms with Crippen molar-refractivity contribution in [3.63, 3.8) is 0 Å². The third-order valence-corrected chi connectivity index (χ3v) is 11.2. The van der Waals surface area contributed by atoms with Crippen LogP contribution in [0.4, 0.5) is 17.1 Å². The van der Waals surface area contributed by atoms with Gasteiger partial charge in [0.25, 0.3) is 0 Å². The number of benzene rings is 9. The van der Waals surface area contributed by atoms with Gasteiger partial charge in [0.1, 0.15) is 11.2 Å². The Morgan fingerprint density at radius 1 is 0.333 bits per heavy atom. The number of aromatic nitrogens is 1. The van der Waals surface area contributed by atoms with Gasteiger partial charge in [-0.05, 0) is 100 Å². The summed E-state index contributed by atoms with van der Waals surface area (Å²) in [4.78, 5) is 2.37. The molecule has 0 aliphatic heterocycles. The molecule has 57 heavy (non-hydrogen) atoms. The van der Waals surface area contributed by atoms with Crippen LogP contribution in [0.3, 0.4) is 0 Å². The van der Waals surface area contributed by atoms with E-state index < -0.39 is 0 Å². The fraction of sp³-hybridized carbons (Fsp3) is 0. The Hall–Kier alpha value is -7.62. The summed E-state index contributed by atoms with van der Waals surface area (Å²) in [6.07, 6.45) is 0. The lowest BCUT2D eigenvalue weighted by atomic mass is 9.98. The van der Waals surface area contributed by atoms with Gasteiger partial charge in [0, 0.05) is 44.3 Å². The van der Waals surface area contributed by atoms with Crippen molar-refractivity contribution >= 4 is 60.8 Å². The highest BCUT2D eigenvalue weighted by atomic mass is 16.3. The molecular weight excluding hydrogens is 693 g/mol. The van der Waals surface area contributed by atoms with Crippen LogP contribution in [0.25, 0.3) is 82.8 Å². The Balaban J connectivity index is 1.05. The van der Waals surface area contributed by atoms with E-state index in [-0.39, 0.29) is 0 Å². The van der Waals surface area contributed by atoms with Crippen LogP contribution < -0.4 is 4.90 Å².